The predicted molar refractivity (Wildman–Crippen MR) is 73.8 cm³/mol. The minimum Gasteiger partial charge on any atom is -0.507 e. The molecule has 0 aromatic heterocycles. The van der Waals surface area contributed by atoms with Gasteiger partial charge in [0.05, 0.1) is 13.7 Å². The lowest BCUT2D eigenvalue weighted by Gasteiger charge is -2.39. The van der Waals surface area contributed by atoms with Gasteiger partial charge in [0.2, 0.25) is 6.29 Å². The fourth-order valence-corrected chi connectivity index (χ4v) is 2.23. The molecule has 2 rings (SSSR count). The zero-order valence-electron chi connectivity index (χ0n) is 12.2. The van der Waals surface area contributed by atoms with Gasteiger partial charge in [0, 0.05) is 17.7 Å². The van der Waals surface area contributed by atoms with Crippen molar-refractivity contribution in [3.63, 3.8) is 0 Å². The molecule has 1 fully saturated rings. The van der Waals surface area contributed by atoms with Gasteiger partial charge in [0.1, 0.15) is 41.7 Å². The van der Waals surface area contributed by atoms with Gasteiger partial charge in [0.15, 0.2) is 0 Å². The number of phenols is 1. The Morgan fingerprint density at radius 3 is 2.41 bits per heavy atom. The van der Waals surface area contributed by atoms with Crippen LogP contribution in [-0.4, -0.2) is 70.0 Å². The Hall–Kier alpha value is -1.58. The normalized spacial score (nSPS) is 31.8. The second kappa shape index (κ2) is 6.67. The van der Waals surface area contributed by atoms with Crippen LogP contribution >= 0.6 is 0 Å². The highest BCUT2D eigenvalue weighted by atomic mass is 16.7. The van der Waals surface area contributed by atoms with Crippen molar-refractivity contribution in [2.24, 2.45) is 0 Å². The summed E-state index contributed by atoms with van der Waals surface area (Å²) in [4.78, 5) is 0. The van der Waals surface area contributed by atoms with Gasteiger partial charge in [-0.15, -0.1) is 0 Å². The molecule has 0 bridgehead atoms. The maximum atomic E-state index is 9.90. The van der Waals surface area contributed by atoms with Gasteiger partial charge >= 0.3 is 0 Å². The number of aliphatic hydroxyl groups excluding tert-OH is 4. The first kappa shape index (κ1) is 16.8. The molecule has 8 heteroatoms. The third-order valence-electron chi connectivity index (χ3n) is 3.63. The van der Waals surface area contributed by atoms with Gasteiger partial charge in [0.25, 0.3) is 0 Å². The number of aliphatic hydroxyl groups is 4. The maximum absolute atomic E-state index is 9.90. The molecule has 1 saturated heterocycles. The molecule has 0 amide bonds. The van der Waals surface area contributed by atoms with Crippen molar-refractivity contribution in [2.45, 2.75) is 37.6 Å². The van der Waals surface area contributed by atoms with Crippen molar-refractivity contribution < 1.29 is 39.7 Å². The van der Waals surface area contributed by atoms with Crippen molar-refractivity contribution in [2.75, 3.05) is 13.7 Å². The van der Waals surface area contributed by atoms with Crippen LogP contribution in [0, 0.1) is 6.92 Å². The van der Waals surface area contributed by atoms with Crippen LogP contribution in [0.2, 0.25) is 0 Å². The van der Waals surface area contributed by atoms with Crippen LogP contribution in [0.1, 0.15) is 5.56 Å². The maximum Gasteiger partial charge on any atom is 0.229 e. The van der Waals surface area contributed by atoms with Crippen LogP contribution in [0.4, 0.5) is 0 Å². The van der Waals surface area contributed by atoms with E-state index in [1.807, 2.05) is 0 Å². The van der Waals surface area contributed by atoms with Crippen molar-refractivity contribution in [3.05, 3.63) is 17.7 Å². The lowest BCUT2D eigenvalue weighted by Crippen LogP contribution is -2.60. The number of ether oxygens (including phenoxy) is 3. The Bertz CT molecular complexity index is 518. The predicted octanol–water partition coefficient (Wildman–Crippen LogP) is -1.11. The highest BCUT2D eigenvalue weighted by Gasteiger charge is 2.44. The van der Waals surface area contributed by atoms with E-state index in [-0.39, 0.29) is 11.5 Å². The van der Waals surface area contributed by atoms with Gasteiger partial charge in [-0.3, -0.25) is 0 Å². The standard InChI is InChI=1S/C14H20O8/c1-6-8(16)3-7(4-9(6)20-2)21-14-13(19)12(18)11(17)10(5-15)22-14/h3-4,10-19H,5H2,1-2H3/t10-,11-,12+,13-,14-/m1/s1. The van der Waals surface area contributed by atoms with E-state index in [1.54, 1.807) is 6.92 Å². The van der Waals surface area contributed by atoms with E-state index in [4.69, 9.17) is 19.3 Å². The van der Waals surface area contributed by atoms with E-state index in [2.05, 4.69) is 0 Å². The van der Waals surface area contributed by atoms with Crippen LogP contribution in [0.5, 0.6) is 17.2 Å². The zero-order chi connectivity index (χ0) is 16.4. The zero-order valence-corrected chi connectivity index (χ0v) is 12.2. The van der Waals surface area contributed by atoms with Gasteiger partial charge in [-0.25, -0.2) is 0 Å². The molecular formula is C14H20O8. The van der Waals surface area contributed by atoms with E-state index < -0.39 is 37.3 Å². The van der Waals surface area contributed by atoms with Crippen molar-refractivity contribution in [1.29, 1.82) is 0 Å². The Morgan fingerprint density at radius 1 is 1.14 bits per heavy atom. The molecule has 0 unspecified atom stereocenters. The van der Waals surface area contributed by atoms with Crippen LogP contribution in [0.25, 0.3) is 0 Å². The second-order valence-electron chi connectivity index (χ2n) is 5.08. The summed E-state index contributed by atoms with van der Waals surface area (Å²) in [5.74, 6) is 0.447. The van der Waals surface area contributed by atoms with Crippen LogP contribution in [-0.2, 0) is 4.74 Å². The van der Waals surface area contributed by atoms with Gasteiger partial charge in [-0.1, -0.05) is 0 Å². The number of hydrogen-bond acceptors (Lipinski definition) is 8. The highest BCUT2D eigenvalue weighted by molar-refractivity contribution is 5.49. The lowest BCUT2D eigenvalue weighted by molar-refractivity contribution is -0.277. The van der Waals surface area contributed by atoms with E-state index in [0.29, 0.717) is 11.3 Å². The summed E-state index contributed by atoms with van der Waals surface area (Å²) in [6.45, 7) is 1.11. The average molecular weight is 316 g/mol. The molecule has 1 aliphatic rings. The summed E-state index contributed by atoms with van der Waals surface area (Å²) in [6.07, 6.45) is -6.89. The van der Waals surface area contributed by atoms with Crippen molar-refractivity contribution in [3.8, 4) is 17.2 Å². The van der Waals surface area contributed by atoms with Crippen molar-refractivity contribution >= 4 is 0 Å². The minimum absolute atomic E-state index is 0.0704. The Balaban J connectivity index is 2.20. The fourth-order valence-electron chi connectivity index (χ4n) is 2.23. The molecule has 1 heterocycles. The molecule has 22 heavy (non-hydrogen) atoms. The van der Waals surface area contributed by atoms with Crippen LogP contribution < -0.4 is 9.47 Å². The summed E-state index contributed by atoms with van der Waals surface area (Å²) >= 11 is 0. The van der Waals surface area contributed by atoms with Gasteiger partial charge < -0.3 is 39.7 Å². The highest BCUT2D eigenvalue weighted by Crippen LogP contribution is 2.34. The van der Waals surface area contributed by atoms with E-state index >= 15 is 0 Å². The Labute approximate surface area is 127 Å². The molecular weight excluding hydrogens is 296 g/mol. The molecule has 124 valence electrons. The number of methoxy groups -OCH3 is 1. The molecule has 5 atom stereocenters. The van der Waals surface area contributed by atoms with E-state index in [9.17, 15) is 20.4 Å². The Morgan fingerprint density at radius 2 is 1.82 bits per heavy atom. The smallest absolute Gasteiger partial charge is 0.229 e. The molecule has 8 nitrogen and oxygen atoms in total. The Kier molecular flexibility index (Phi) is 5.09. The SMILES string of the molecule is COc1cc(O[C@@H]2O[C@H](CO)[C@@H](O)[C@H](O)[C@H]2O)cc(O)c1C. The number of aromatic hydroxyl groups is 1. The first-order valence-electron chi connectivity index (χ1n) is 6.73. The van der Waals surface area contributed by atoms with Crippen LogP contribution in [0.15, 0.2) is 12.1 Å². The molecule has 0 radical (unpaired) electrons. The minimum atomic E-state index is -1.53. The quantitative estimate of drug-likeness (QED) is 0.473. The van der Waals surface area contributed by atoms with E-state index in [1.165, 1.54) is 19.2 Å². The topological polar surface area (TPSA) is 129 Å². The number of phenolic OH excluding ortho intramolecular Hbond substituents is 1. The molecule has 1 aromatic rings. The second-order valence-corrected chi connectivity index (χ2v) is 5.08. The molecule has 1 aromatic carbocycles. The van der Waals surface area contributed by atoms with Gasteiger partial charge in [-0.05, 0) is 6.92 Å². The summed E-state index contributed by atoms with van der Waals surface area (Å²) < 4.78 is 15.7. The number of benzene rings is 1. The largest absolute Gasteiger partial charge is 0.507 e. The third-order valence-corrected chi connectivity index (χ3v) is 3.63. The van der Waals surface area contributed by atoms with Gasteiger partial charge in [-0.2, -0.15) is 0 Å². The molecule has 0 spiro atoms. The number of hydrogen-bond donors (Lipinski definition) is 5. The summed E-state index contributed by atoms with van der Waals surface area (Å²) in [7, 11) is 1.43. The van der Waals surface area contributed by atoms with Crippen molar-refractivity contribution in [1.82, 2.24) is 0 Å². The third kappa shape index (κ3) is 3.11. The number of rotatable bonds is 4. The first-order chi connectivity index (χ1) is 10.4. The average Bonchev–Trinajstić information content (AvgIpc) is 2.51. The van der Waals surface area contributed by atoms with E-state index in [0.717, 1.165) is 0 Å². The van der Waals surface area contributed by atoms with Crippen LogP contribution in [0.3, 0.4) is 0 Å². The lowest BCUT2D eigenvalue weighted by atomic mass is 9.99. The summed E-state index contributed by atoms with van der Waals surface area (Å²) in [5, 5.41) is 48.2. The molecule has 0 aliphatic carbocycles. The molecule has 5 N–H and O–H groups in total. The first-order valence-corrected chi connectivity index (χ1v) is 6.73. The summed E-state index contributed by atoms with van der Waals surface area (Å²) in [5.41, 5.74) is 0.517. The fraction of sp³-hybridized carbons (Fsp3) is 0.571. The molecule has 0 saturated carbocycles. The summed E-state index contributed by atoms with van der Waals surface area (Å²) in [6, 6.07) is 2.79. The molecule has 1 aliphatic heterocycles. The monoisotopic (exact) mass is 316 g/mol.